The quantitative estimate of drug-likeness (QED) is 0.821. The average Bonchev–Trinajstić information content (AvgIpc) is 2.92. The van der Waals surface area contributed by atoms with Gasteiger partial charge in [0.1, 0.15) is 0 Å². The van der Waals surface area contributed by atoms with Gasteiger partial charge in [-0.25, -0.2) is 0 Å². The Kier molecular flexibility index (Phi) is 4.98. The standard InChI is InChI=1S/C16H21N3O2/c1-12(2)19-15(8-9-18-19)11-17-14-5-3-4-13(10-14)6-7-16(20)21/h3-5,8-10,12,17H,6-7,11H2,1-2H3,(H,20,21). The number of aliphatic carboxylic acids is 1. The summed E-state index contributed by atoms with van der Waals surface area (Å²) in [6.07, 6.45) is 2.51. The van der Waals surface area contributed by atoms with Crippen molar-refractivity contribution < 1.29 is 9.90 Å². The van der Waals surface area contributed by atoms with Crippen LogP contribution in [0.3, 0.4) is 0 Å². The molecule has 0 bridgehead atoms. The Morgan fingerprint density at radius 2 is 2.19 bits per heavy atom. The molecule has 0 aliphatic rings. The molecule has 21 heavy (non-hydrogen) atoms. The van der Waals surface area contributed by atoms with Crippen LogP contribution in [0.25, 0.3) is 0 Å². The highest BCUT2D eigenvalue weighted by molar-refractivity contribution is 5.67. The van der Waals surface area contributed by atoms with Crippen LogP contribution in [0.4, 0.5) is 5.69 Å². The molecule has 0 aliphatic heterocycles. The highest BCUT2D eigenvalue weighted by Gasteiger charge is 2.06. The van der Waals surface area contributed by atoms with Gasteiger partial charge in [0.2, 0.25) is 0 Å². The first kappa shape index (κ1) is 15.1. The molecular formula is C16H21N3O2. The molecule has 5 nitrogen and oxygen atoms in total. The monoisotopic (exact) mass is 287 g/mol. The minimum absolute atomic E-state index is 0.156. The highest BCUT2D eigenvalue weighted by atomic mass is 16.4. The van der Waals surface area contributed by atoms with Crippen LogP contribution < -0.4 is 5.32 Å². The fourth-order valence-electron chi connectivity index (χ4n) is 2.23. The maximum absolute atomic E-state index is 10.6. The molecule has 2 N–H and O–H groups in total. The summed E-state index contributed by atoms with van der Waals surface area (Å²) in [6.45, 7) is 4.90. The Balaban J connectivity index is 1.98. The van der Waals surface area contributed by atoms with Gasteiger partial charge in [0.15, 0.2) is 0 Å². The van der Waals surface area contributed by atoms with E-state index in [0.717, 1.165) is 16.9 Å². The van der Waals surface area contributed by atoms with E-state index in [4.69, 9.17) is 5.11 Å². The van der Waals surface area contributed by atoms with Crippen molar-refractivity contribution in [3.05, 3.63) is 47.8 Å². The maximum Gasteiger partial charge on any atom is 0.303 e. The third-order valence-corrected chi connectivity index (χ3v) is 3.27. The van der Waals surface area contributed by atoms with E-state index < -0.39 is 5.97 Å². The number of aryl methyl sites for hydroxylation is 1. The largest absolute Gasteiger partial charge is 0.481 e. The summed E-state index contributed by atoms with van der Waals surface area (Å²) >= 11 is 0. The molecule has 2 rings (SSSR count). The molecule has 0 fully saturated rings. The molecule has 0 radical (unpaired) electrons. The van der Waals surface area contributed by atoms with Crippen molar-refractivity contribution in [3.63, 3.8) is 0 Å². The molecule has 2 aromatic rings. The summed E-state index contributed by atoms with van der Waals surface area (Å²) in [4.78, 5) is 10.6. The summed E-state index contributed by atoms with van der Waals surface area (Å²) in [6, 6.07) is 10.2. The second-order valence-corrected chi connectivity index (χ2v) is 5.31. The Labute approximate surface area is 124 Å². The zero-order chi connectivity index (χ0) is 15.2. The topological polar surface area (TPSA) is 67.2 Å². The molecular weight excluding hydrogens is 266 g/mol. The van der Waals surface area contributed by atoms with Gasteiger partial charge in [0.25, 0.3) is 0 Å². The first-order valence-corrected chi connectivity index (χ1v) is 7.13. The predicted octanol–water partition coefficient (Wildman–Crippen LogP) is 3.09. The van der Waals surface area contributed by atoms with E-state index in [1.54, 1.807) is 6.20 Å². The van der Waals surface area contributed by atoms with Gasteiger partial charge in [0, 0.05) is 24.3 Å². The number of benzene rings is 1. The van der Waals surface area contributed by atoms with Crippen LogP contribution in [0.5, 0.6) is 0 Å². The maximum atomic E-state index is 10.6. The van der Waals surface area contributed by atoms with Gasteiger partial charge >= 0.3 is 5.97 Å². The van der Waals surface area contributed by atoms with Crippen LogP contribution >= 0.6 is 0 Å². The number of rotatable bonds is 7. The Hall–Kier alpha value is -2.30. The smallest absolute Gasteiger partial charge is 0.303 e. The summed E-state index contributed by atoms with van der Waals surface area (Å²) < 4.78 is 1.99. The molecule has 1 aromatic carbocycles. The van der Waals surface area contributed by atoms with Crippen LogP contribution in [0.2, 0.25) is 0 Å². The zero-order valence-corrected chi connectivity index (χ0v) is 12.4. The van der Waals surface area contributed by atoms with Gasteiger partial charge in [-0.15, -0.1) is 0 Å². The van der Waals surface area contributed by atoms with Crippen molar-refractivity contribution >= 4 is 11.7 Å². The Bertz CT molecular complexity index is 605. The number of hydrogen-bond acceptors (Lipinski definition) is 3. The first-order valence-electron chi connectivity index (χ1n) is 7.13. The third kappa shape index (κ3) is 4.34. The number of carboxylic acids is 1. The minimum Gasteiger partial charge on any atom is -0.481 e. The lowest BCUT2D eigenvalue weighted by Gasteiger charge is -2.13. The number of nitrogens with zero attached hydrogens (tertiary/aromatic N) is 2. The lowest BCUT2D eigenvalue weighted by molar-refractivity contribution is -0.136. The number of nitrogens with one attached hydrogen (secondary N) is 1. The fourth-order valence-corrected chi connectivity index (χ4v) is 2.23. The van der Waals surface area contributed by atoms with Crippen LogP contribution in [0.1, 0.15) is 37.6 Å². The summed E-state index contributed by atoms with van der Waals surface area (Å²) in [7, 11) is 0. The minimum atomic E-state index is -0.769. The molecule has 0 aliphatic carbocycles. The van der Waals surface area contributed by atoms with Crippen LogP contribution in [0.15, 0.2) is 36.5 Å². The van der Waals surface area contributed by atoms with E-state index in [1.807, 2.05) is 35.0 Å². The third-order valence-electron chi connectivity index (χ3n) is 3.27. The number of carbonyl (C=O) groups is 1. The number of hydrogen-bond donors (Lipinski definition) is 2. The second kappa shape index (κ2) is 6.92. The number of aromatic nitrogens is 2. The molecule has 112 valence electrons. The van der Waals surface area contributed by atoms with Crippen molar-refractivity contribution in [3.8, 4) is 0 Å². The predicted molar refractivity (Wildman–Crippen MR) is 82.3 cm³/mol. The average molecular weight is 287 g/mol. The highest BCUT2D eigenvalue weighted by Crippen LogP contribution is 2.15. The zero-order valence-electron chi connectivity index (χ0n) is 12.4. The van der Waals surface area contributed by atoms with Gasteiger partial charge in [-0.05, 0) is 44.0 Å². The van der Waals surface area contributed by atoms with Gasteiger partial charge in [-0.3, -0.25) is 9.48 Å². The molecule has 0 spiro atoms. The van der Waals surface area contributed by atoms with Gasteiger partial charge < -0.3 is 10.4 Å². The van der Waals surface area contributed by atoms with Crippen molar-refractivity contribution in [2.75, 3.05) is 5.32 Å². The Morgan fingerprint density at radius 3 is 2.90 bits per heavy atom. The first-order chi connectivity index (χ1) is 10.1. The normalized spacial score (nSPS) is 10.8. The SMILES string of the molecule is CC(C)n1nccc1CNc1cccc(CCC(=O)O)c1. The van der Waals surface area contributed by atoms with Crippen molar-refractivity contribution in [2.24, 2.45) is 0 Å². The number of carboxylic acid groups (broad SMARTS) is 1. The molecule has 0 amide bonds. The molecule has 0 atom stereocenters. The molecule has 1 aromatic heterocycles. The second-order valence-electron chi connectivity index (χ2n) is 5.31. The number of anilines is 1. The van der Waals surface area contributed by atoms with Gasteiger partial charge in [0.05, 0.1) is 12.2 Å². The molecule has 1 heterocycles. The van der Waals surface area contributed by atoms with E-state index in [1.165, 1.54) is 0 Å². The summed E-state index contributed by atoms with van der Waals surface area (Å²) in [5.41, 5.74) is 3.15. The van der Waals surface area contributed by atoms with E-state index in [-0.39, 0.29) is 6.42 Å². The lowest BCUT2D eigenvalue weighted by atomic mass is 10.1. The van der Waals surface area contributed by atoms with Crippen LogP contribution in [0, 0.1) is 0 Å². The summed E-state index contributed by atoms with van der Waals surface area (Å²) in [5, 5.41) is 16.4. The molecule has 5 heteroatoms. The van der Waals surface area contributed by atoms with Crippen molar-refractivity contribution in [1.82, 2.24) is 9.78 Å². The van der Waals surface area contributed by atoms with E-state index in [0.29, 0.717) is 19.0 Å². The lowest BCUT2D eigenvalue weighted by Crippen LogP contribution is -2.11. The molecule has 0 saturated heterocycles. The van der Waals surface area contributed by atoms with Crippen LogP contribution in [-0.2, 0) is 17.8 Å². The van der Waals surface area contributed by atoms with E-state index in [2.05, 4.69) is 24.3 Å². The Morgan fingerprint density at radius 1 is 1.38 bits per heavy atom. The van der Waals surface area contributed by atoms with Crippen LogP contribution in [-0.4, -0.2) is 20.9 Å². The van der Waals surface area contributed by atoms with Gasteiger partial charge in [-0.1, -0.05) is 12.1 Å². The fraction of sp³-hybridized carbons (Fsp3) is 0.375. The summed E-state index contributed by atoms with van der Waals surface area (Å²) in [5.74, 6) is -0.769. The van der Waals surface area contributed by atoms with Gasteiger partial charge in [-0.2, -0.15) is 5.10 Å². The molecule has 0 unspecified atom stereocenters. The molecule has 0 saturated carbocycles. The van der Waals surface area contributed by atoms with E-state index in [9.17, 15) is 4.79 Å². The van der Waals surface area contributed by atoms with E-state index >= 15 is 0 Å². The van der Waals surface area contributed by atoms with Crippen molar-refractivity contribution in [2.45, 2.75) is 39.3 Å². The van der Waals surface area contributed by atoms with Crippen molar-refractivity contribution in [1.29, 1.82) is 0 Å².